The van der Waals surface area contributed by atoms with Crippen molar-refractivity contribution in [3.8, 4) is 16.9 Å². The lowest BCUT2D eigenvalue weighted by Crippen LogP contribution is -2.04. The van der Waals surface area contributed by atoms with Gasteiger partial charge in [-0.2, -0.15) is 13.2 Å². The Morgan fingerprint density at radius 3 is 2.22 bits per heavy atom. The lowest BCUT2D eigenvalue weighted by Gasteiger charge is -2.10. The smallest absolute Gasteiger partial charge is 0.416 e. The Morgan fingerprint density at radius 2 is 1.61 bits per heavy atom. The Balaban J connectivity index is 2.59. The van der Waals surface area contributed by atoms with Crippen molar-refractivity contribution in [1.82, 2.24) is 0 Å². The minimum Gasteiger partial charge on any atom is -0.507 e. The fourth-order valence-electron chi connectivity index (χ4n) is 1.65. The van der Waals surface area contributed by atoms with E-state index in [1.54, 1.807) is 0 Å². The van der Waals surface area contributed by atoms with E-state index in [-0.39, 0.29) is 11.1 Å². The van der Waals surface area contributed by atoms with Crippen LogP contribution in [0.5, 0.6) is 5.75 Å². The molecule has 94 valence electrons. The standard InChI is InChI=1S/C13H8F4O/c14-10-5-2-6-11(18)12(10)8-3-1-4-9(7-8)13(15,16)17/h1-7,18H. The highest BCUT2D eigenvalue weighted by Gasteiger charge is 2.30. The van der Waals surface area contributed by atoms with Crippen molar-refractivity contribution in [2.24, 2.45) is 0 Å². The number of hydrogen-bond donors (Lipinski definition) is 1. The van der Waals surface area contributed by atoms with Crippen LogP contribution in [-0.2, 0) is 6.18 Å². The maximum absolute atomic E-state index is 13.5. The van der Waals surface area contributed by atoms with Crippen molar-refractivity contribution in [3.05, 3.63) is 53.8 Å². The van der Waals surface area contributed by atoms with Gasteiger partial charge in [0.05, 0.1) is 11.1 Å². The minimum absolute atomic E-state index is 0.0135. The molecule has 0 saturated carbocycles. The van der Waals surface area contributed by atoms with Crippen LogP contribution in [0.2, 0.25) is 0 Å². The second-order valence-electron chi connectivity index (χ2n) is 3.71. The molecule has 0 unspecified atom stereocenters. The van der Waals surface area contributed by atoms with Crippen LogP contribution in [0.4, 0.5) is 17.6 Å². The highest BCUT2D eigenvalue weighted by Crippen LogP contribution is 2.36. The number of alkyl halides is 3. The third-order valence-corrected chi connectivity index (χ3v) is 2.47. The van der Waals surface area contributed by atoms with E-state index in [2.05, 4.69) is 0 Å². The lowest BCUT2D eigenvalue weighted by atomic mass is 10.0. The van der Waals surface area contributed by atoms with Gasteiger partial charge in [-0.05, 0) is 29.8 Å². The van der Waals surface area contributed by atoms with Gasteiger partial charge in [0.1, 0.15) is 11.6 Å². The Labute approximate surface area is 100 Å². The van der Waals surface area contributed by atoms with Crippen LogP contribution >= 0.6 is 0 Å². The monoisotopic (exact) mass is 256 g/mol. The summed E-state index contributed by atoms with van der Waals surface area (Å²) < 4.78 is 51.1. The summed E-state index contributed by atoms with van der Waals surface area (Å²) >= 11 is 0. The zero-order valence-corrected chi connectivity index (χ0v) is 9.00. The van der Waals surface area contributed by atoms with Crippen LogP contribution in [0.1, 0.15) is 5.56 Å². The van der Waals surface area contributed by atoms with Gasteiger partial charge in [0.15, 0.2) is 0 Å². The average molecular weight is 256 g/mol. The van der Waals surface area contributed by atoms with E-state index in [1.807, 2.05) is 0 Å². The summed E-state index contributed by atoms with van der Waals surface area (Å²) in [6.07, 6.45) is -4.50. The number of rotatable bonds is 1. The molecule has 18 heavy (non-hydrogen) atoms. The topological polar surface area (TPSA) is 20.2 Å². The number of phenolic OH excluding ortho intramolecular Hbond substituents is 1. The predicted molar refractivity (Wildman–Crippen MR) is 58.5 cm³/mol. The molecule has 0 fully saturated rings. The maximum Gasteiger partial charge on any atom is 0.416 e. The van der Waals surface area contributed by atoms with Crippen LogP contribution in [0.3, 0.4) is 0 Å². The Kier molecular flexibility index (Phi) is 2.98. The molecule has 2 aromatic rings. The van der Waals surface area contributed by atoms with E-state index in [0.717, 1.165) is 18.2 Å². The van der Waals surface area contributed by atoms with Gasteiger partial charge in [0.25, 0.3) is 0 Å². The third-order valence-electron chi connectivity index (χ3n) is 2.47. The van der Waals surface area contributed by atoms with Gasteiger partial charge in [0.2, 0.25) is 0 Å². The normalized spacial score (nSPS) is 11.6. The molecular weight excluding hydrogens is 248 g/mol. The van der Waals surface area contributed by atoms with Crippen molar-refractivity contribution >= 4 is 0 Å². The Hall–Kier alpha value is -2.04. The fraction of sp³-hybridized carbons (Fsp3) is 0.0769. The second kappa shape index (κ2) is 4.33. The van der Waals surface area contributed by atoms with Gasteiger partial charge in [0, 0.05) is 0 Å². The molecular formula is C13H8F4O. The molecule has 5 heteroatoms. The van der Waals surface area contributed by atoms with Crippen LogP contribution in [-0.4, -0.2) is 5.11 Å². The van der Waals surface area contributed by atoms with Gasteiger partial charge in [-0.15, -0.1) is 0 Å². The molecule has 0 aromatic heterocycles. The molecule has 0 aliphatic carbocycles. The molecule has 0 bridgehead atoms. The van der Waals surface area contributed by atoms with Crippen molar-refractivity contribution in [2.75, 3.05) is 0 Å². The van der Waals surface area contributed by atoms with Gasteiger partial charge >= 0.3 is 6.18 Å². The third kappa shape index (κ3) is 2.30. The summed E-state index contributed by atoms with van der Waals surface area (Å²) in [7, 11) is 0. The van der Waals surface area contributed by atoms with E-state index in [1.165, 1.54) is 24.3 Å². The zero-order chi connectivity index (χ0) is 13.3. The van der Waals surface area contributed by atoms with Crippen molar-refractivity contribution in [1.29, 1.82) is 0 Å². The average Bonchev–Trinajstić information content (AvgIpc) is 2.28. The summed E-state index contributed by atoms with van der Waals surface area (Å²) in [4.78, 5) is 0. The van der Waals surface area contributed by atoms with E-state index >= 15 is 0 Å². The first-order valence-corrected chi connectivity index (χ1v) is 5.04. The number of aromatic hydroxyl groups is 1. The van der Waals surface area contributed by atoms with E-state index < -0.39 is 23.3 Å². The molecule has 0 heterocycles. The van der Waals surface area contributed by atoms with Crippen LogP contribution in [0.25, 0.3) is 11.1 Å². The number of halogens is 4. The molecule has 0 spiro atoms. The van der Waals surface area contributed by atoms with Crippen LogP contribution < -0.4 is 0 Å². The summed E-state index contributed by atoms with van der Waals surface area (Å²) in [5.41, 5.74) is -1.13. The molecule has 2 rings (SSSR count). The van der Waals surface area contributed by atoms with Crippen LogP contribution in [0.15, 0.2) is 42.5 Å². The van der Waals surface area contributed by atoms with Crippen molar-refractivity contribution in [3.63, 3.8) is 0 Å². The quantitative estimate of drug-likeness (QED) is 0.757. The fourth-order valence-corrected chi connectivity index (χ4v) is 1.65. The molecule has 0 aliphatic rings. The van der Waals surface area contributed by atoms with E-state index in [4.69, 9.17) is 0 Å². The van der Waals surface area contributed by atoms with Gasteiger partial charge in [-0.25, -0.2) is 4.39 Å². The van der Waals surface area contributed by atoms with E-state index in [0.29, 0.717) is 0 Å². The summed E-state index contributed by atoms with van der Waals surface area (Å²) in [5.74, 6) is -1.16. The summed E-state index contributed by atoms with van der Waals surface area (Å²) in [5, 5.41) is 9.52. The van der Waals surface area contributed by atoms with Gasteiger partial charge in [-0.1, -0.05) is 18.2 Å². The lowest BCUT2D eigenvalue weighted by molar-refractivity contribution is -0.137. The molecule has 0 saturated heterocycles. The number of phenols is 1. The molecule has 1 nitrogen and oxygen atoms in total. The molecule has 1 N–H and O–H groups in total. The number of benzene rings is 2. The molecule has 0 amide bonds. The molecule has 0 radical (unpaired) electrons. The Morgan fingerprint density at radius 1 is 0.944 bits per heavy atom. The highest BCUT2D eigenvalue weighted by molar-refractivity contribution is 5.71. The minimum atomic E-state index is -4.50. The summed E-state index contributed by atoms with van der Waals surface area (Å²) in [6.45, 7) is 0. The van der Waals surface area contributed by atoms with E-state index in [9.17, 15) is 22.7 Å². The molecule has 2 aromatic carbocycles. The van der Waals surface area contributed by atoms with Gasteiger partial charge < -0.3 is 5.11 Å². The molecule has 0 atom stereocenters. The number of hydrogen-bond acceptors (Lipinski definition) is 1. The first kappa shape index (κ1) is 12.4. The second-order valence-corrected chi connectivity index (χ2v) is 3.71. The highest BCUT2D eigenvalue weighted by atomic mass is 19.4. The van der Waals surface area contributed by atoms with Crippen molar-refractivity contribution in [2.45, 2.75) is 6.18 Å². The Bertz CT molecular complexity index is 555. The molecule has 0 aliphatic heterocycles. The predicted octanol–water partition coefficient (Wildman–Crippen LogP) is 4.22. The largest absolute Gasteiger partial charge is 0.507 e. The van der Waals surface area contributed by atoms with Gasteiger partial charge in [-0.3, -0.25) is 0 Å². The van der Waals surface area contributed by atoms with Crippen molar-refractivity contribution < 1.29 is 22.7 Å². The zero-order valence-electron chi connectivity index (χ0n) is 9.00. The first-order chi connectivity index (χ1) is 8.39. The maximum atomic E-state index is 13.5. The summed E-state index contributed by atoms with van der Waals surface area (Å²) in [6, 6.07) is 7.76. The van der Waals surface area contributed by atoms with Crippen LogP contribution in [0, 0.1) is 5.82 Å². The first-order valence-electron chi connectivity index (χ1n) is 5.04. The SMILES string of the molecule is Oc1cccc(F)c1-c1cccc(C(F)(F)F)c1.